The van der Waals surface area contributed by atoms with E-state index in [0.29, 0.717) is 0 Å². The molecule has 0 radical (unpaired) electrons. The molecule has 0 spiro atoms. The minimum absolute atomic E-state index is 0.761. The number of hydrogen-bond acceptors (Lipinski definition) is 1. The first-order valence-corrected chi connectivity index (χ1v) is 8.46. The Labute approximate surface area is 142 Å². The molecular weight excluding hydrogens is 448 g/mol. The molecular formula is C15H11Br3N2. The van der Waals surface area contributed by atoms with Gasteiger partial charge < -0.3 is 10.3 Å². The summed E-state index contributed by atoms with van der Waals surface area (Å²) in [5.74, 6) is 0. The first-order chi connectivity index (χ1) is 9.65. The number of benzene rings is 2. The summed E-state index contributed by atoms with van der Waals surface area (Å²) in [6.07, 6.45) is 1.97. The van der Waals surface area contributed by atoms with E-state index in [2.05, 4.69) is 82.4 Å². The second-order valence-corrected chi connectivity index (χ2v) is 7.08. The van der Waals surface area contributed by atoms with Crippen molar-refractivity contribution in [1.82, 2.24) is 4.98 Å². The summed E-state index contributed by atoms with van der Waals surface area (Å²) in [5.41, 5.74) is 3.48. The van der Waals surface area contributed by atoms with Crippen molar-refractivity contribution < 1.29 is 0 Å². The normalized spacial score (nSPS) is 10.9. The van der Waals surface area contributed by atoms with Crippen LogP contribution in [0.3, 0.4) is 0 Å². The molecule has 5 heteroatoms. The van der Waals surface area contributed by atoms with Gasteiger partial charge in [0.05, 0.1) is 11.2 Å². The van der Waals surface area contributed by atoms with Gasteiger partial charge in [-0.1, -0.05) is 34.1 Å². The highest BCUT2D eigenvalue weighted by Gasteiger charge is 2.08. The zero-order valence-corrected chi connectivity index (χ0v) is 15.1. The lowest BCUT2D eigenvalue weighted by molar-refractivity contribution is 1.15. The number of aromatic nitrogens is 1. The van der Waals surface area contributed by atoms with Crippen LogP contribution in [0.15, 0.2) is 56.0 Å². The lowest BCUT2D eigenvalue weighted by Crippen LogP contribution is -2.01. The van der Waals surface area contributed by atoms with Gasteiger partial charge in [-0.2, -0.15) is 0 Å². The lowest BCUT2D eigenvalue weighted by atomic mass is 10.1. The fourth-order valence-corrected chi connectivity index (χ4v) is 4.73. The fraction of sp³-hybridized carbons (Fsp3) is 0.0667. The van der Waals surface area contributed by atoms with Crippen LogP contribution in [0.2, 0.25) is 0 Å². The predicted molar refractivity (Wildman–Crippen MR) is 95.2 cm³/mol. The van der Waals surface area contributed by atoms with E-state index >= 15 is 0 Å². The number of fused-ring (bicyclic) bond motifs is 1. The van der Waals surface area contributed by atoms with Gasteiger partial charge in [-0.15, -0.1) is 0 Å². The third-order valence-corrected chi connectivity index (χ3v) is 4.84. The minimum atomic E-state index is 0.761. The average Bonchev–Trinajstić information content (AvgIpc) is 2.86. The largest absolute Gasteiger partial charge is 0.379 e. The van der Waals surface area contributed by atoms with E-state index in [1.54, 1.807) is 0 Å². The van der Waals surface area contributed by atoms with Crippen LogP contribution in [-0.2, 0) is 6.54 Å². The van der Waals surface area contributed by atoms with E-state index in [-0.39, 0.29) is 0 Å². The molecule has 0 amide bonds. The van der Waals surface area contributed by atoms with Crippen molar-refractivity contribution in [2.75, 3.05) is 5.32 Å². The van der Waals surface area contributed by atoms with Gasteiger partial charge in [-0.25, -0.2) is 0 Å². The highest BCUT2D eigenvalue weighted by molar-refractivity contribution is 9.11. The van der Waals surface area contributed by atoms with Gasteiger partial charge in [0.15, 0.2) is 0 Å². The van der Waals surface area contributed by atoms with Crippen LogP contribution in [0.1, 0.15) is 5.56 Å². The van der Waals surface area contributed by atoms with E-state index in [4.69, 9.17) is 0 Å². The molecule has 20 heavy (non-hydrogen) atoms. The first kappa shape index (κ1) is 14.2. The molecule has 3 rings (SSSR count). The Balaban J connectivity index is 1.89. The van der Waals surface area contributed by atoms with Crippen LogP contribution < -0.4 is 5.32 Å². The maximum absolute atomic E-state index is 3.58. The average molecular weight is 459 g/mol. The van der Waals surface area contributed by atoms with Crippen LogP contribution in [0.4, 0.5) is 5.69 Å². The van der Waals surface area contributed by atoms with Crippen LogP contribution in [-0.4, -0.2) is 4.98 Å². The zero-order valence-electron chi connectivity index (χ0n) is 10.4. The SMILES string of the molecule is Brc1cc(Br)c(NCc2cccc3cc[nH]c23)c(Br)c1. The second-order valence-electron chi connectivity index (χ2n) is 4.46. The van der Waals surface area contributed by atoms with E-state index < -0.39 is 0 Å². The van der Waals surface area contributed by atoms with E-state index in [1.165, 1.54) is 16.5 Å². The predicted octanol–water partition coefficient (Wildman–Crippen LogP) is 6.07. The van der Waals surface area contributed by atoms with Gasteiger partial charge in [0.25, 0.3) is 0 Å². The number of hydrogen-bond donors (Lipinski definition) is 2. The summed E-state index contributed by atoms with van der Waals surface area (Å²) in [7, 11) is 0. The molecule has 0 fully saturated rings. The summed E-state index contributed by atoms with van der Waals surface area (Å²) in [6, 6.07) is 12.5. The van der Waals surface area contributed by atoms with Crippen molar-refractivity contribution in [3.63, 3.8) is 0 Å². The summed E-state index contributed by atoms with van der Waals surface area (Å²) in [5, 5.41) is 4.71. The number of rotatable bonds is 3. The molecule has 2 nitrogen and oxygen atoms in total. The smallest absolute Gasteiger partial charge is 0.0632 e. The fourth-order valence-electron chi connectivity index (χ4n) is 2.19. The monoisotopic (exact) mass is 456 g/mol. The van der Waals surface area contributed by atoms with E-state index in [0.717, 1.165) is 25.7 Å². The molecule has 0 saturated heterocycles. The molecule has 1 aromatic heterocycles. The molecule has 102 valence electrons. The van der Waals surface area contributed by atoms with Gasteiger partial charge >= 0.3 is 0 Å². The van der Waals surface area contributed by atoms with E-state index in [1.807, 2.05) is 18.3 Å². The molecule has 0 saturated carbocycles. The number of anilines is 1. The Morgan fingerprint density at radius 1 is 1.00 bits per heavy atom. The topological polar surface area (TPSA) is 27.8 Å². The number of aromatic amines is 1. The van der Waals surface area contributed by atoms with Crippen LogP contribution in [0, 0.1) is 0 Å². The van der Waals surface area contributed by atoms with Crippen molar-refractivity contribution in [2.45, 2.75) is 6.54 Å². The van der Waals surface area contributed by atoms with Gasteiger partial charge in [0, 0.05) is 26.2 Å². The molecule has 1 heterocycles. The highest BCUT2D eigenvalue weighted by atomic mass is 79.9. The molecule has 0 aliphatic carbocycles. The third-order valence-electron chi connectivity index (χ3n) is 3.14. The van der Waals surface area contributed by atoms with Gasteiger partial charge in [-0.3, -0.25) is 0 Å². The highest BCUT2D eigenvalue weighted by Crippen LogP contribution is 2.34. The van der Waals surface area contributed by atoms with Crippen molar-refractivity contribution in [1.29, 1.82) is 0 Å². The number of para-hydroxylation sites is 1. The maximum atomic E-state index is 3.58. The summed E-state index contributed by atoms with van der Waals surface area (Å²) in [6.45, 7) is 0.761. The summed E-state index contributed by atoms with van der Waals surface area (Å²) < 4.78 is 3.09. The molecule has 2 N–H and O–H groups in total. The summed E-state index contributed by atoms with van der Waals surface area (Å²) >= 11 is 10.6. The Morgan fingerprint density at radius 2 is 1.75 bits per heavy atom. The lowest BCUT2D eigenvalue weighted by Gasteiger charge is -2.12. The standard InChI is InChI=1S/C15H11Br3N2/c16-11-6-12(17)15(13(18)7-11)20-8-10-3-1-2-9-4-5-19-14(9)10/h1-7,19-20H,8H2. The van der Waals surface area contributed by atoms with Gasteiger partial charge in [0.1, 0.15) is 0 Å². The Morgan fingerprint density at radius 3 is 2.50 bits per heavy atom. The molecule has 0 aliphatic rings. The Bertz CT molecular complexity index is 742. The quantitative estimate of drug-likeness (QED) is 0.490. The second kappa shape index (κ2) is 5.92. The van der Waals surface area contributed by atoms with E-state index in [9.17, 15) is 0 Å². The molecule has 0 atom stereocenters. The molecule has 0 aliphatic heterocycles. The van der Waals surface area contributed by atoms with Gasteiger partial charge in [-0.05, 0) is 61.0 Å². The molecule has 0 unspecified atom stereocenters. The number of H-pyrrole nitrogens is 1. The van der Waals surface area contributed by atoms with Crippen LogP contribution in [0.5, 0.6) is 0 Å². The molecule has 2 aromatic carbocycles. The third kappa shape index (κ3) is 2.80. The Hall–Kier alpha value is -0.780. The minimum Gasteiger partial charge on any atom is -0.379 e. The molecule has 0 bridgehead atoms. The summed E-state index contributed by atoms with van der Waals surface area (Å²) in [4.78, 5) is 3.29. The number of halogens is 3. The number of nitrogens with one attached hydrogen (secondary N) is 2. The van der Waals surface area contributed by atoms with Gasteiger partial charge in [0.2, 0.25) is 0 Å². The van der Waals surface area contributed by atoms with Crippen molar-refractivity contribution in [3.8, 4) is 0 Å². The van der Waals surface area contributed by atoms with Crippen molar-refractivity contribution in [2.24, 2.45) is 0 Å². The van der Waals surface area contributed by atoms with Crippen LogP contribution in [0.25, 0.3) is 10.9 Å². The van der Waals surface area contributed by atoms with Crippen molar-refractivity contribution in [3.05, 3.63) is 61.6 Å². The maximum Gasteiger partial charge on any atom is 0.0632 e. The van der Waals surface area contributed by atoms with Crippen LogP contribution >= 0.6 is 47.8 Å². The van der Waals surface area contributed by atoms with Crippen molar-refractivity contribution >= 4 is 64.4 Å². The first-order valence-electron chi connectivity index (χ1n) is 6.08. The molecule has 3 aromatic rings. The zero-order chi connectivity index (χ0) is 14.1. The Kier molecular flexibility index (Phi) is 4.19.